The first kappa shape index (κ1) is 12.3. The van der Waals surface area contributed by atoms with Crippen molar-refractivity contribution in [2.45, 2.75) is 13.3 Å². The van der Waals surface area contributed by atoms with Gasteiger partial charge in [0.15, 0.2) is 0 Å². The van der Waals surface area contributed by atoms with Crippen LogP contribution in [-0.4, -0.2) is 37.0 Å². The molecule has 4 nitrogen and oxygen atoms in total. The number of carbonyl (C=O) groups excluding carboxylic acids is 2. The molecule has 5 heteroatoms. The van der Waals surface area contributed by atoms with Crippen molar-refractivity contribution >= 4 is 23.6 Å². The molecule has 0 aromatic heterocycles. The Morgan fingerprint density at radius 3 is 2.69 bits per heavy atom. The van der Waals surface area contributed by atoms with Gasteiger partial charge < -0.3 is 10.1 Å². The molecular weight excluding hydrogens is 190 g/mol. The first-order valence-corrected chi connectivity index (χ1v) is 5.51. The second-order valence-electron chi connectivity index (χ2n) is 2.34. The molecule has 0 radical (unpaired) electrons. The van der Waals surface area contributed by atoms with Gasteiger partial charge >= 0.3 is 5.97 Å². The number of nitrogens with one attached hydrogen (secondary N) is 1. The Morgan fingerprint density at radius 2 is 2.15 bits per heavy atom. The fraction of sp³-hybridized carbons (Fsp3) is 0.750. The van der Waals surface area contributed by atoms with Crippen LogP contribution in [0, 0.1) is 0 Å². The normalized spacial score (nSPS) is 9.38. The molecular formula is C8H15NO3S. The zero-order chi connectivity index (χ0) is 10.1. The van der Waals surface area contributed by atoms with E-state index in [0.29, 0.717) is 18.9 Å². The predicted molar refractivity (Wildman–Crippen MR) is 52.6 cm³/mol. The van der Waals surface area contributed by atoms with Crippen LogP contribution in [0.25, 0.3) is 0 Å². The molecule has 0 fully saturated rings. The fourth-order valence-electron chi connectivity index (χ4n) is 0.719. The van der Waals surface area contributed by atoms with Gasteiger partial charge in [0, 0.05) is 6.54 Å². The van der Waals surface area contributed by atoms with E-state index in [-0.39, 0.29) is 18.3 Å². The van der Waals surface area contributed by atoms with Gasteiger partial charge in [-0.2, -0.15) is 11.8 Å². The van der Waals surface area contributed by atoms with Gasteiger partial charge in [0.2, 0.25) is 5.91 Å². The summed E-state index contributed by atoms with van der Waals surface area (Å²) in [6, 6.07) is 0. The summed E-state index contributed by atoms with van der Waals surface area (Å²) in [6.45, 7) is 2.50. The van der Waals surface area contributed by atoms with Crippen molar-refractivity contribution in [3.63, 3.8) is 0 Å². The van der Waals surface area contributed by atoms with Crippen LogP contribution < -0.4 is 5.32 Å². The van der Waals surface area contributed by atoms with E-state index >= 15 is 0 Å². The molecule has 0 unspecified atom stereocenters. The van der Waals surface area contributed by atoms with E-state index < -0.39 is 0 Å². The van der Waals surface area contributed by atoms with Gasteiger partial charge in [0.1, 0.15) is 0 Å². The van der Waals surface area contributed by atoms with Crippen molar-refractivity contribution in [2.75, 3.05) is 25.2 Å². The summed E-state index contributed by atoms with van der Waals surface area (Å²) in [4.78, 5) is 21.7. The van der Waals surface area contributed by atoms with Crippen LogP contribution in [0.1, 0.15) is 13.3 Å². The van der Waals surface area contributed by atoms with E-state index in [1.54, 1.807) is 6.92 Å². The molecule has 1 N–H and O–H groups in total. The number of thioether (sulfide) groups is 1. The average molecular weight is 205 g/mol. The van der Waals surface area contributed by atoms with Crippen LogP contribution in [0.3, 0.4) is 0 Å². The molecule has 0 aliphatic carbocycles. The Hall–Kier alpha value is -0.710. The minimum Gasteiger partial charge on any atom is -0.466 e. The van der Waals surface area contributed by atoms with Gasteiger partial charge in [-0.1, -0.05) is 0 Å². The summed E-state index contributed by atoms with van der Waals surface area (Å²) in [6.07, 6.45) is 2.10. The summed E-state index contributed by atoms with van der Waals surface area (Å²) >= 11 is 1.45. The number of rotatable bonds is 6. The topological polar surface area (TPSA) is 55.4 Å². The summed E-state index contributed by atoms with van der Waals surface area (Å²) in [7, 11) is 0. The van der Waals surface area contributed by atoms with Gasteiger partial charge in [-0.05, 0) is 13.2 Å². The Balaban J connectivity index is 3.33. The maximum Gasteiger partial charge on any atom is 0.307 e. The van der Waals surface area contributed by atoms with Crippen molar-refractivity contribution in [2.24, 2.45) is 0 Å². The largest absolute Gasteiger partial charge is 0.466 e. The molecule has 76 valence electrons. The van der Waals surface area contributed by atoms with Crippen LogP contribution >= 0.6 is 11.8 Å². The van der Waals surface area contributed by atoms with E-state index in [1.807, 2.05) is 6.26 Å². The summed E-state index contributed by atoms with van der Waals surface area (Å²) in [5, 5.41) is 2.61. The number of esters is 1. The van der Waals surface area contributed by atoms with Crippen LogP contribution in [0.4, 0.5) is 0 Å². The van der Waals surface area contributed by atoms with Crippen LogP contribution in [0.5, 0.6) is 0 Å². The molecule has 0 saturated carbocycles. The fourth-order valence-corrected chi connectivity index (χ4v) is 1.08. The lowest BCUT2D eigenvalue weighted by Gasteiger charge is -2.03. The Kier molecular flexibility index (Phi) is 7.48. The quantitative estimate of drug-likeness (QED) is 0.638. The standard InChI is InChI=1S/C8H15NO3S/c1-3-12-8(11)4-5-9-7(10)6-13-2/h3-6H2,1-2H3,(H,9,10). The summed E-state index contributed by atoms with van der Waals surface area (Å²) < 4.78 is 4.69. The van der Waals surface area contributed by atoms with Crippen LogP contribution in [0.2, 0.25) is 0 Å². The average Bonchev–Trinajstić information content (AvgIpc) is 2.05. The van der Waals surface area contributed by atoms with Gasteiger partial charge in [0.25, 0.3) is 0 Å². The molecule has 0 atom stereocenters. The third-order valence-electron chi connectivity index (χ3n) is 1.23. The first-order valence-electron chi connectivity index (χ1n) is 4.12. The highest BCUT2D eigenvalue weighted by Crippen LogP contribution is 1.90. The lowest BCUT2D eigenvalue weighted by Crippen LogP contribution is -2.27. The van der Waals surface area contributed by atoms with Crippen molar-refractivity contribution in [3.05, 3.63) is 0 Å². The van der Waals surface area contributed by atoms with E-state index in [1.165, 1.54) is 11.8 Å². The lowest BCUT2D eigenvalue weighted by atomic mass is 10.4. The zero-order valence-electron chi connectivity index (χ0n) is 7.96. The van der Waals surface area contributed by atoms with Gasteiger partial charge in [-0.3, -0.25) is 9.59 Å². The molecule has 0 heterocycles. The van der Waals surface area contributed by atoms with Gasteiger partial charge in [-0.15, -0.1) is 0 Å². The second-order valence-corrected chi connectivity index (χ2v) is 3.20. The van der Waals surface area contributed by atoms with Crippen molar-refractivity contribution in [3.8, 4) is 0 Å². The summed E-state index contributed by atoms with van der Waals surface area (Å²) in [5.74, 6) is 0.117. The molecule has 0 spiro atoms. The molecule has 0 aliphatic heterocycles. The smallest absolute Gasteiger partial charge is 0.307 e. The number of hydrogen-bond acceptors (Lipinski definition) is 4. The molecule has 0 bridgehead atoms. The lowest BCUT2D eigenvalue weighted by molar-refractivity contribution is -0.142. The number of hydrogen-bond donors (Lipinski definition) is 1. The van der Waals surface area contributed by atoms with Crippen molar-refractivity contribution in [1.29, 1.82) is 0 Å². The zero-order valence-corrected chi connectivity index (χ0v) is 8.78. The molecule has 0 aromatic carbocycles. The maximum absolute atomic E-state index is 10.9. The molecule has 1 amide bonds. The third-order valence-corrected chi connectivity index (χ3v) is 1.78. The number of ether oxygens (including phenoxy) is 1. The van der Waals surface area contributed by atoms with E-state index in [9.17, 15) is 9.59 Å². The minimum atomic E-state index is -0.271. The number of amides is 1. The molecule has 0 rings (SSSR count). The Morgan fingerprint density at radius 1 is 1.46 bits per heavy atom. The molecule has 13 heavy (non-hydrogen) atoms. The van der Waals surface area contributed by atoms with Gasteiger partial charge in [0.05, 0.1) is 18.8 Å². The monoisotopic (exact) mass is 205 g/mol. The van der Waals surface area contributed by atoms with Crippen molar-refractivity contribution < 1.29 is 14.3 Å². The molecule has 0 aromatic rings. The van der Waals surface area contributed by atoms with E-state index in [2.05, 4.69) is 10.1 Å². The molecule has 0 aliphatic rings. The maximum atomic E-state index is 10.9. The van der Waals surface area contributed by atoms with E-state index in [4.69, 9.17) is 0 Å². The van der Waals surface area contributed by atoms with Crippen LogP contribution in [-0.2, 0) is 14.3 Å². The number of carbonyl (C=O) groups is 2. The summed E-state index contributed by atoms with van der Waals surface area (Å²) in [5.41, 5.74) is 0. The minimum absolute atomic E-state index is 0.0446. The highest BCUT2D eigenvalue weighted by Gasteiger charge is 2.03. The van der Waals surface area contributed by atoms with Crippen molar-refractivity contribution in [1.82, 2.24) is 5.32 Å². The van der Waals surface area contributed by atoms with E-state index in [0.717, 1.165) is 0 Å². The Bertz CT molecular complexity index is 155. The Labute approximate surface area is 82.4 Å². The SMILES string of the molecule is CCOC(=O)CCNC(=O)CSC. The van der Waals surface area contributed by atoms with Crippen LogP contribution in [0.15, 0.2) is 0 Å². The first-order chi connectivity index (χ1) is 6.20. The highest BCUT2D eigenvalue weighted by atomic mass is 32.2. The third kappa shape index (κ3) is 7.64. The highest BCUT2D eigenvalue weighted by molar-refractivity contribution is 7.99. The van der Waals surface area contributed by atoms with Gasteiger partial charge in [-0.25, -0.2) is 0 Å². The molecule has 0 saturated heterocycles. The second kappa shape index (κ2) is 7.91. The predicted octanol–water partition coefficient (Wildman–Crippen LogP) is 0.419.